The molecule has 0 spiro atoms. The minimum absolute atomic E-state index is 0.00677. The van der Waals surface area contributed by atoms with Crippen LogP contribution in [0.25, 0.3) is 0 Å². The zero-order valence-corrected chi connectivity index (χ0v) is 11.5. The molecule has 0 aliphatic carbocycles. The van der Waals surface area contributed by atoms with E-state index in [1.54, 1.807) is 0 Å². The van der Waals surface area contributed by atoms with Gasteiger partial charge in [0.15, 0.2) is 0 Å². The quantitative estimate of drug-likeness (QED) is 0.892. The van der Waals surface area contributed by atoms with Crippen molar-refractivity contribution in [1.29, 1.82) is 0 Å². The normalized spacial score (nSPS) is 17.1. The molecule has 1 fully saturated rings. The molecular weight excluding hydrogens is 303 g/mol. The predicted molar refractivity (Wildman–Crippen MR) is 70.0 cm³/mol. The van der Waals surface area contributed by atoms with Crippen LogP contribution in [0.1, 0.15) is 6.92 Å². The topological polar surface area (TPSA) is 50.4 Å². The molecule has 98 valence electrons. The Morgan fingerprint density at radius 3 is 2.89 bits per heavy atom. The lowest BCUT2D eigenvalue weighted by Crippen LogP contribution is -2.59. The molecule has 2 N–H and O–H groups in total. The summed E-state index contributed by atoms with van der Waals surface area (Å²) in [5, 5.41) is 5.73. The number of nitrogens with one attached hydrogen (secondary N) is 2. The Balaban J connectivity index is 1.85. The van der Waals surface area contributed by atoms with E-state index >= 15 is 0 Å². The molecule has 1 aromatic carbocycles. The zero-order valence-electron chi connectivity index (χ0n) is 9.93. The molecule has 0 saturated carbocycles. The van der Waals surface area contributed by atoms with Gasteiger partial charge in [-0.05, 0) is 41.1 Å². The summed E-state index contributed by atoms with van der Waals surface area (Å²) >= 11 is 3.06. The van der Waals surface area contributed by atoms with Crippen molar-refractivity contribution in [3.8, 4) is 0 Å². The van der Waals surface area contributed by atoms with Crippen LogP contribution in [-0.4, -0.2) is 31.2 Å². The van der Waals surface area contributed by atoms with Crippen LogP contribution in [0.4, 0.5) is 10.1 Å². The summed E-state index contributed by atoms with van der Waals surface area (Å²) in [6.07, 6.45) is 0. The van der Waals surface area contributed by atoms with Crippen LogP contribution in [0, 0.1) is 5.82 Å². The van der Waals surface area contributed by atoms with Crippen LogP contribution in [0.2, 0.25) is 0 Å². The highest BCUT2D eigenvalue weighted by Crippen LogP contribution is 2.20. The van der Waals surface area contributed by atoms with Crippen molar-refractivity contribution in [2.75, 3.05) is 25.0 Å². The molecule has 0 unspecified atom stereocenters. The number of anilines is 1. The average Bonchev–Trinajstić information content (AvgIpc) is 2.29. The predicted octanol–water partition coefficient (Wildman–Crippen LogP) is 1.91. The van der Waals surface area contributed by atoms with Gasteiger partial charge in [-0.15, -0.1) is 0 Å². The molecule has 6 heteroatoms. The van der Waals surface area contributed by atoms with Crippen LogP contribution in [0.15, 0.2) is 22.7 Å². The molecule has 0 radical (unpaired) electrons. The maximum absolute atomic E-state index is 13.0. The van der Waals surface area contributed by atoms with Gasteiger partial charge in [0.1, 0.15) is 12.4 Å². The van der Waals surface area contributed by atoms with Crippen LogP contribution >= 0.6 is 15.9 Å². The number of halogens is 2. The number of benzene rings is 1. The van der Waals surface area contributed by atoms with Gasteiger partial charge in [-0.3, -0.25) is 4.79 Å². The lowest BCUT2D eigenvalue weighted by molar-refractivity contribution is -0.130. The summed E-state index contributed by atoms with van der Waals surface area (Å²) in [6, 6.07) is 4.31. The average molecular weight is 317 g/mol. The highest BCUT2D eigenvalue weighted by Gasteiger charge is 2.32. The van der Waals surface area contributed by atoms with Gasteiger partial charge in [0, 0.05) is 18.8 Å². The highest BCUT2D eigenvalue weighted by molar-refractivity contribution is 9.10. The first kappa shape index (κ1) is 13.5. The number of carbonyl (C=O) groups is 1. The van der Waals surface area contributed by atoms with Gasteiger partial charge in [0.05, 0.1) is 10.1 Å². The van der Waals surface area contributed by atoms with E-state index < -0.39 is 0 Å². The van der Waals surface area contributed by atoms with Crippen molar-refractivity contribution in [2.45, 2.75) is 12.5 Å². The number of hydrogen-bond acceptors (Lipinski definition) is 3. The van der Waals surface area contributed by atoms with Crippen LogP contribution in [0.3, 0.4) is 0 Å². The number of carbonyl (C=O) groups excluding carboxylic acids is 1. The Bertz CT molecular complexity index is 463. The Kier molecular flexibility index (Phi) is 3.99. The monoisotopic (exact) mass is 316 g/mol. The largest absolute Gasteiger partial charge is 0.363 e. The summed E-state index contributed by atoms with van der Waals surface area (Å²) in [7, 11) is 0. The Hall–Kier alpha value is -0.980. The number of hydrogen-bond donors (Lipinski definition) is 2. The molecule has 1 aliphatic rings. The summed E-state index contributed by atoms with van der Waals surface area (Å²) in [5.74, 6) is -0.612. The maximum Gasteiger partial charge on any atom is 0.250 e. The summed E-state index contributed by atoms with van der Waals surface area (Å²) < 4.78 is 18.8. The SMILES string of the molecule is CC1(OCC(=O)Nc2ccc(F)c(Br)c2)CNC1. The second kappa shape index (κ2) is 5.34. The Morgan fingerprint density at radius 2 is 2.33 bits per heavy atom. The van der Waals surface area contributed by atoms with E-state index in [9.17, 15) is 9.18 Å². The number of rotatable bonds is 4. The highest BCUT2D eigenvalue weighted by atomic mass is 79.9. The third-order valence-electron chi connectivity index (χ3n) is 2.75. The first-order valence-electron chi connectivity index (χ1n) is 5.58. The first-order valence-corrected chi connectivity index (χ1v) is 6.37. The van der Waals surface area contributed by atoms with E-state index in [1.807, 2.05) is 6.92 Å². The fourth-order valence-corrected chi connectivity index (χ4v) is 1.97. The number of ether oxygens (including phenoxy) is 1. The lowest BCUT2D eigenvalue weighted by Gasteiger charge is -2.38. The molecule has 0 aromatic heterocycles. The molecule has 1 heterocycles. The molecule has 1 aromatic rings. The van der Waals surface area contributed by atoms with Gasteiger partial charge in [0.2, 0.25) is 5.91 Å². The van der Waals surface area contributed by atoms with Crippen LogP contribution in [-0.2, 0) is 9.53 Å². The van der Waals surface area contributed by atoms with Gasteiger partial charge >= 0.3 is 0 Å². The molecule has 1 amide bonds. The van der Waals surface area contributed by atoms with Crippen molar-refractivity contribution in [2.24, 2.45) is 0 Å². The third kappa shape index (κ3) is 3.28. The minimum Gasteiger partial charge on any atom is -0.363 e. The van der Waals surface area contributed by atoms with Gasteiger partial charge in [-0.2, -0.15) is 0 Å². The van der Waals surface area contributed by atoms with Crippen LogP contribution < -0.4 is 10.6 Å². The summed E-state index contributed by atoms with van der Waals surface area (Å²) in [5.41, 5.74) is 0.287. The molecule has 2 rings (SSSR count). The van der Waals surface area contributed by atoms with Crippen molar-refractivity contribution in [1.82, 2.24) is 5.32 Å². The molecule has 4 nitrogen and oxygen atoms in total. The van der Waals surface area contributed by atoms with Gasteiger partial charge < -0.3 is 15.4 Å². The van der Waals surface area contributed by atoms with Gasteiger partial charge in [-0.1, -0.05) is 0 Å². The molecule has 18 heavy (non-hydrogen) atoms. The summed E-state index contributed by atoms with van der Waals surface area (Å²) in [6.45, 7) is 3.45. The maximum atomic E-state index is 13.0. The fraction of sp³-hybridized carbons (Fsp3) is 0.417. The first-order chi connectivity index (χ1) is 8.48. The van der Waals surface area contributed by atoms with Crippen molar-refractivity contribution in [3.05, 3.63) is 28.5 Å². The Labute approximate surface area is 113 Å². The summed E-state index contributed by atoms with van der Waals surface area (Å²) in [4.78, 5) is 11.6. The zero-order chi connectivity index (χ0) is 13.2. The van der Waals surface area contributed by atoms with Gasteiger partial charge in [-0.25, -0.2) is 4.39 Å². The van der Waals surface area contributed by atoms with Crippen LogP contribution in [0.5, 0.6) is 0 Å². The minimum atomic E-state index is -0.364. The Morgan fingerprint density at radius 1 is 1.61 bits per heavy atom. The van der Waals surface area contributed by atoms with Gasteiger partial charge in [0.25, 0.3) is 0 Å². The van der Waals surface area contributed by atoms with E-state index in [4.69, 9.17) is 4.74 Å². The second-order valence-electron chi connectivity index (χ2n) is 4.52. The van der Waals surface area contributed by atoms with Crippen molar-refractivity contribution >= 4 is 27.5 Å². The molecular formula is C12H14BrFN2O2. The molecule has 0 bridgehead atoms. The third-order valence-corrected chi connectivity index (χ3v) is 3.36. The van der Waals surface area contributed by atoms with E-state index in [0.29, 0.717) is 10.2 Å². The van der Waals surface area contributed by atoms with E-state index in [-0.39, 0.29) is 23.9 Å². The smallest absolute Gasteiger partial charge is 0.250 e. The number of amides is 1. The van der Waals surface area contributed by atoms with Crippen molar-refractivity contribution in [3.63, 3.8) is 0 Å². The lowest BCUT2D eigenvalue weighted by atomic mass is 10.0. The second-order valence-corrected chi connectivity index (χ2v) is 5.37. The molecule has 1 saturated heterocycles. The van der Waals surface area contributed by atoms with E-state index in [2.05, 4.69) is 26.6 Å². The van der Waals surface area contributed by atoms with Crippen molar-refractivity contribution < 1.29 is 13.9 Å². The fourth-order valence-electron chi connectivity index (χ4n) is 1.59. The molecule has 1 aliphatic heterocycles. The van der Waals surface area contributed by atoms with E-state index in [0.717, 1.165) is 13.1 Å². The van der Waals surface area contributed by atoms with E-state index in [1.165, 1.54) is 18.2 Å². The molecule has 0 atom stereocenters. The standard InChI is InChI=1S/C12H14BrFN2O2/c1-12(6-15-7-12)18-5-11(17)16-8-2-3-10(14)9(13)4-8/h2-4,15H,5-7H2,1H3,(H,16,17).